The first-order chi connectivity index (χ1) is 12.5. The van der Waals surface area contributed by atoms with Crippen LogP contribution in [0.1, 0.15) is 28.1 Å². The minimum absolute atomic E-state index is 0.0272. The third-order valence-electron chi connectivity index (χ3n) is 4.17. The molecule has 0 aliphatic carbocycles. The van der Waals surface area contributed by atoms with E-state index in [2.05, 4.69) is 33.5 Å². The smallest absolute Gasteiger partial charge is 0.234 e. The van der Waals surface area contributed by atoms with Crippen molar-refractivity contribution in [2.24, 2.45) is 0 Å². The Morgan fingerprint density at radius 3 is 2.62 bits per heavy atom. The molecule has 0 radical (unpaired) electrons. The van der Waals surface area contributed by atoms with E-state index in [1.807, 2.05) is 51.1 Å². The van der Waals surface area contributed by atoms with Gasteiger partial charge in [0, 0.05) is 17.8 Å². The molecule has 134 valence electrons. The zero-order valence-electron chi connectivity index (χ0n) is 15.3. The van der Waals surface area contributed by atoms with E-state index in [0.29, 0.717) is 5.75 Å². The SMILES string of the molecule is Cc1ccc(NC(=O)CSc2nc(Cc3ccccc3)c(C)[nH]2)c(C)c1. The van der Waals surface area contributed by atoms with Gasteiger partial charge in [0.1, 0.15) is 0 Å². The van der Waals surface area contributed by atoms with Crippen LogP contribution < -0.4 is 5.32 Å². The maximum Gasteiger partial charge on any atom is 0.234 e. The fourth-order valence-corrected chi connectivity index (χ4v) is 3.51. The second-order valence-corrected chi connectivity index (χ2v) is 7.40. The van der Waals surface area contributed by atoms with E-state index < -0.39 is 0 Å². The first kappa shape index (κ1) is 18.3. The maximum absolute atomic E-state index is 12.2. The molecule has 3 rings (SSSR count). The average Bonchev–Trinajstić information content (AvgIpc) is 2.96. The summed E-state index contributed by atoms with van der Waals surface area (Å²) in [6.07, 6.45) is 0.790. The van der Waals surface area contributed by atoms with Gasteiger partial charge in [-0.3, -0.25) is 4.79 Å². The molecule has 0 spiro atoms. The maximum atomic E-state index is 12.2. The summed E-state index contributed by atoms with van der Waals surface area (Å²) in [5.74, 6) is 0.297. The normalized spacial score (nSPS) is 10.7. The highest BCUT2D eigenvalue weighted by molar-refractivity contribution is 7.99. The van der Waals surface area contributed by atoms with Gasteiger partial charge in [-0.15, -0.1) is 0 Å². The van der Waals surface area contributed by atoms with Gasteiger partial charge < -0.3 is 10.3 Å². The van der Waals surface area contributed by atoms with Crippen molar-refractivity contribution < 1.29 is 4.79 Å². The molecule has 3 aromatic rings. The van der Waals surface area contributed by atoms with Gasteiger partial charge in [0.05, 0.1) is 11.4 Å². The molecule has 1 aromatic heterocycles. The lowest BCUT2D eigenvalue weighted by Crippen LogP contribution is -2.15. The molecule has 0 bridgehead atoms. The molecule has 0 aliphatic heterocycles. The van der Waals surface area contributed by atoms with Gasteiger partial charge in [-0.2, -0.15) is 0 Å². The van der Waals surface area contributed by atoms with Gasteiger partial charge in [-0.1, -0.05) is 59.8 Å². The van der Waals surface area contributed by atoms with Gasteiger partial charge in [-0.05, 0) is 38.0 Å². The number of thioether (sulfide) groups is 1. The van der Waals surface area contributed by atoms with E-state index in [4.69, 9.17) is 0 Å². The summed E-state index contributed by atoms with van der Waals surface area (Å²) in [7, 11) is 0. The predicted molar refractivity (Wildman–Crippen MR) is 108 cm³/mol. The first-order valence-corrected chi connectivity index (χ1v) is 9.59. The first-order valence-electron chi connectivity index (χ1n) is 8.60. The van der Waals surface area contributed by atoms with E-state index in [1.54, 1.807) is 0 Å². The van der Waals surface area contributed by atoms with Crippen LogP contribution in [0.25, 0.3) is 0 Å². The largest absolute Gasteiger partial charge is 0.337 e. The van der Waals surface area contributed by atoms with Crippen molar-refractivity contribution in [3.63, 3.8) is 0 Å². The van der Waals surface area contributed by atoms with Crippen molar-refractivity contribution in [2.45, 2.75) is 32.3 Å². The highest BCUT2D eigenvalue weighted by atomic mass is 32.2. The third kappa shape index (κ3) is 4.76. The summed E-state index contributed by atoms with van der Waals surface area (Å²) in [5.41, 5.74) is 6.42. The van der Waals surface area contributed by atoms with Gasteiger partial charge in [0.2, 0.25) is 5.91 Å². The molecule has 0 fully saturated rings. The number of anilines is 1. The number of nitrogens with one attached hydrogen (secondary N) is 2. The zero-order chi connectivity index (χ0) is 18.5. The fourth-order valence-electron chi connectivity index (χ4n) is 2.77. The monoisotopic (exact) mass is 365 g/mol. The zero-order valence-corrected chi connectivity index (χ0v) is 16.1. The van der Waals surface area contributed by atoms with Gasteiger partial charge in [0.25, 0.3) is 0 Å². The van der Waals surface area contributed by atoms with Crippen LogP contribution in [0.2, 0.25) is 0 Å². The number of nitrogens with zero attached hydrogens (tertiary/aromatic N) is 1. The van der Waals surface area contributed by atoms with Crippen LogP contribution >= 0.6 is 11.8 Å². The van der Waals surface area contributed by atoms with Crippen LogP contribution in [-0.2, 0) is 11.2 Å². The topological polar surface area (TPSA) is 57.8 Å². The lowest BCUT2D eigenvalue weighted by atomic mass is 10.1. The summed E-state index contributed by atoms with van der Waals surface area (Å²) in [5, 5.41) is 3.75. The minimum atomic E-state index is -0.0272. The molecule has 0 aliphatic rings. The Labute approximate surface area is 158 Å². The second kappa shape index (κ2) is 8.23. The molecule has 0 atom stereocenters. The van der Waals surface area contributed by atoms with E-state index in [0.717, 1.165) is 34.2 Å². The molecule has 0 saturated carbocycles. The number of aromatic amines is 1. The van der Waals surface area contributed by atoms with Crippen molar-refractivity contribution in [2.75, 3.05) is 11.1 Å². The van der Waals surface area contributed by atoms with Gasteiger partial charge in [-0.25, -0.2) is 4.98 Å². The fraction of sp³-hybridized carbons (Fsp3) is 0.238. The molecule has 5 heteroatoms. The van der Waals surface area contributed by atoms with Gasteiger partial charge >= 0.3 is 0 Å². The van der Waals surface area contributed by atoms with Crippen molar-refractivity contribution in [3.05, 3.63) is 76.6 Å². The number of hydrogen-bond acceptors (Lipinski definition) is 3. The standard InChI is InChI=1S/C21H23N3OS/c1-14-9-10-18(15(2)11-14)23-20(25)13-26-21-22-16(3)19(24-21)12-17-7-5-4-6-8-17/h4-11H,12-13H2,1-3H3,(H,22,24)(H,23,25). The predicted octanol–water partition coefficient (Wildman–Crippen LogP) is 4.66. The number of carbonyl (C=O) groups excluding carboxylic acids is 1. The lowest BCUT2D eigenvalue weighted by molar-refractivity contribution is -0.113. The molecular formula is C21H23N3OS. The highest BCUT2D eigenvalue weighted by Gasteiger charge is 2.11. The Hall–Kier alpha value is -2.53. The number of carbonyl (C=O) groups is 1. The number of amides is 1. The number of benzene rings is 2. The average molecular weight is 366 g/mol. The summed E-state index contributed by atoms with van der Waals surface area (Å²) in [4.78, 5) is 20.1. The Bertz CT molecular complexity index is 903. The summed E-state index contributed by atoms with van der Waals surface area (Å²) < 4.78 is 0. The van der Waals surface area contributed by atoms with E-state index in [-0.39, 0.29) is 5.91 Å². The Morgan fingerprint density at radius 1 is 1.12 bits per heavy atom. The molecule has 2 N–H and O–H groups in total. The van der Waals surface area contributed by atoms with Crippen LogP contribution in [0.5, 0.6) is 0 Å². The Balaban J connectivity index is 1.57. The van der Waals surface area contributed by atoms with Crippen molar-refractivity contribution in [1.29, 1.82) is 0 Å². The quantitative estimate of drug-likeness (QED) is 0.625. The Kier molecular flexibility index (Phi) is 5.78. The lowest BCUT2D eigenvalue weighted by Gasteiger charge is -2.08. The molecule has 26 heavy (non-hydrogen) atoms. The summed E-state index contributed by atoms with van der Waals surface area (Å²) >= 11 is 1.42. The number of H-pyrrole nitrogens is 1. The van der Waals surface area contributed by atoms with Crippen molar-refractivity contribution >= 4 is 23.4 Å². The molecule has 4 nitrogen and oxygen atoms in total. The highest BCUT2D eigenvalue weighted by Crippen LogP contribution is 2.20. The van der Waals surface area contributed by atoms with E-state index in [9.17, 15) is 4.79 Å². The van der Waals surface area contributed by atoms with Crippen LogP contribution in [0, 0.1) is 20.8 Å². The number of aryl methyl sites for hydroxylation is 3. The third-order valence-corrected chi connectivity index (χ3v) is 5.05. The minimum Gasteiger partial charge on any atom is -0.337 e. The molecule has 1 amide bonds. The van der Waals surface area contributed by atoms with Crippen LogP contribution in [0.3, 0.4) is 0 Å². The molecule has 2 aromatic carbocycles. The number of imidazole rings is 1. The van der Waals surface area contributed by atoms with Gasteiger partial charge in [0.15, 0.2) is 5.16 Å². The van der Waals surface area contributed by atoms with Crippen molar-refractivity contribution in [3.8, 4) is 0 Å². The molecule has 1 heterocycles. The van der Waals surface area contributed by atoms with E-state index >= 15 is 0 Å². The molecular weight excluding hydrogens is 342 g/mol. The second-order valence-electron chi connectivity index (χ2n) is 6.43. The molecule has 0 unspecified atom stereocenters. The Morgan fingerprint density at radius 2 is 1.88 bits per heavy atom. The van der Waals surface area contributed by atoms with Crippen LogP contribution in [0.15, 0.2) is 53.7 Å². The summed E-state index contributed by atoms with van der Waals surface area (Å²) in [6, 6.07) is 16.3. The number of hydrogen-bond donors (Lipinski definition) is 2. The molecule has 0 saturated heterocycles. The van der Waals surface area contributed by atoms with Crippen LogP contribution in [0.4, 0.5) is 5.69 Å². The summed E-state index contributed by atoms with van der Waals surface area (Å²) in [6.45, 7) is 6.06. The van der Waals surface area contributed by atoms with Crippen molar-refractivity contribution in [1.82, 2.24) is 9.97 Å². The number of aromatic nitrogens is 2. The van der Waals surface area contributed by atoms with Crippen LogP contribution in [-0.4, -0.2) is 21.6 Å². The van der Waals surface area contributed by atoms with E-state index in [1.165, 1.54) is 22.9 Å². The number of rotatable bonds is 6.